The van der Waals surface area contributed by atoms with Gasteiger partial charge in [0, 0.05) is 19.8 Å². The molecular formula is C11H19N3O3S. The second-order valence-corrected chi connectivity index (χ2v) is 6.56. The molecule has 0 amide bonds. The minimum absolute atomic E-state index is 0.0181. The van der Waals surface area contributed by atoms with E-state index in [2.05, 4.69) is 9.71 Å². The Hall–Kier alpha value is -0.920. The molecule has 7 heteroatoms. The van der Waals surface area contributed by atoms with Crippen molar-refractivity contribution in [3.63, 3.8) is 0 Å². The number of nitrogens with one attached hydrogen (secondary N) is 1. The van der Waals surface area contributed by atoms with E-state index in [1.807, 2.05) is 0 Å². The number of hydrogen-bond acceptors (Lipinski definition) is 4. The molecule has 1 fully saturated rings. The van der Waals surface area contributed by atoms with Crippen LogP contribution in [0.3, 0.4) is 0 Å². The molecule has 1 saturated carbocycles. The standard InChI is InChI=1S/C11H19N3O3S/c1-8-13-11(7-14(8)2)18(16,17)12-6-9-4-3-5-10(9)15/h7,9-10,12,15H,3-6H2,1-2H3. The van der Waals surface area contributed by atoms with Gasteiger partial charge in [-0.05, 0) is 25.7 Å². The van der Waals surface area contributed by atoms with Gasteiger partial charge in [-0.2, -0.15) is 0 Å². The van der Waals surface area contributed by atoms with Crippen LogP contribution in [0.25, 0.3) is 0 Å². The first-order valence-electron chi connectivity index (χ1n) is 6.08. The van der Waals surface area contributed by atoms with Crippen LogP contribution in [0.5, 0.6) is 0 Å². The lowest BCUT2D eigenvalue weighted by molar-refractivity contribution is 0.134. The molecule has 6 nitrogen and oxygen atoms in total. The molecular weight excluding hydrogens is 254 g/mol. The topological polar surface area (TPSA) is 84.2 Å². The van der Waals surface area contributed by atoms with E-state index >= 15 is 0 Å². The van der Waals surface area contributed by atoms with Crippen molar-refractivity contribution >= 4 is 10.0 Å². The van der Waals surface area contributed by atoms with Crippen LogP contribution in [0.15, 0.2) is 11.2 Å². The minimum atomic E-state index is -3.57. The number of aromatic nitrogens is 2. The summed E-state index contributed by atoms with van der Waals surface area (Å²) in [4.78, 5) is 4.00. The lowest BCUT2D eigenvalue weighted by atomic mass is 10.1. The zero-order valence-electron chi connectivity index (χ0n) is 10.6. The third-order valence-corrected chi connectivity index (χ3v) is 4.81. The first kappa shape index (κ1) is 13.5. The fourth-order valence-corrected chi connectivity index (χ4v) is 3.33. The van der Waals surface area contributed by atoms with Gasteiger partial charge in [0.2, 0.25) is 0 Å². The van der Waals surface area contributed by atoms with Crippen molar-refractivity contribution in [2.45, 2.75) is 37.3 Å². The second-order valence-electron chi connectivity index (χ2n) is 4.85. The molecule has 1 aliphatic carbocycles. The fourth-order valence-electron chi connectivity index (χ4n) is 2.20. The minimum Gasteiger partial charge on any atom is -0.393 e. The van der Waals surface area contributed by atoms with Gasteiger partial charge in [-0.3, -0.25) is 0 Å². The Labute approximate surface area is 107 Å². The Morgan fingerprint density at radius 3 is 2.78 bits per heavy atom. The first-order chi connectivity index (χ1) is 8.40. The zero-order valence-corrected chi connectivity index (χ0v) is 11.4. The van der Waals surface area contributed by atoms with Gasteiger partial charge in [0.1, 0.15) is 5.82 Å². The molecule has 2 unspecified atom stereocenters. The molecule has 0 radical (unpaired) electrons. The first-order valence-corrected chi connectivity index (χ1v) is 7.56. The van der Waals surface area contributed by atoms with Crippen LogP contribution >= 0.6 is 0 Å². The third kappa shape index (κ3) is 2.73. The molecule has 0 saturated heterocycles. The monoisotopic (exact) mass is 273 g/mol. The van der Waals surface area contributed by atoms with E-state index in [0.29, 0.717) is 5.82 Å². The van der Waals surface area contributed by atoms with Gasteiger partial charge in [-0.1, -0.05) is 6.42 Å². The molecule has 1 aromatic rings. The molecule has 1 aromatic heterocycles. The van der Waals surface area contributed by atoms with Crippen molar-refractivity contribution in [1.29, 1.82) is 0 Å². The smallest absolute Gasteiger partial charge is 0.259 e. The number of aliphatic hydroxyl groups is 1. The van der Waals surface area contributed by atoms with E-state index in [4.69, 9.17) is 0 Å². The highest BCUT2D eigenvalue weighted by Crippen LogP contribution is 2.25. The number of aryl methyl sites for hydroxylation is 2. The molecule has 0 aliphatic heterocycles. The Morgan fingerprint density at radius 1 is 1.56 bits per heavy atom. The molecule has 0 spiro atoms. The van der Waals surface area contributed by atoms with E-state index in [9.17, 15) is 13.5 Å². The van der Waals surface area contributed by atoms with Crippen LogP contribution in [0.4, 0.5) is 0 Å². The fraction of sp³-hybridized carbons (Fsp3) is 0.727. The van der Waals surface area contributed by atoms with Crippen LogP contribution in [0.1, 0.15) is 25.1 Å². The van der Waals surface area contributed by atoms with E-state index < -0.39 is 16.1 Å². The predicted octanol–water partition coefficient (Wildman–Crippen LogP) is 0.168. The highest BCUT2D eigenvalue weighted by molar-refractivity contribution is 7.89. The number of sulfonamides is 1. The third-order valence-electron chi connectivity index (χ3n) is 3.52. The summed E-state index contributed by atoms with van der Waals surface area (Å²) in [7, 11) is -1.81. The molecule has 1 aliphatic rings. The second kappa shape index (κ2) is 4.99. The molecule has 2 N–H and O–H groups in total. The van der Waals surface area contributed by atoms with Crippen molar-refractivity contribution in [1.82, 2.24) is 14.3 Å². The van der Waals surface area contributed by atoms with Gasteiger partial charge in [0.05, 0.1) is 6.10 Å². The summed E-state index contributed by atoms with van der Waals surface area (Å²) in [6.07, 6.45) is 3.68. The van der Waals surface area contributed by atoms with Gasteiger partial charge in [0.15, 0.2) is 5.03 Å². The van der Waals surface area contributed by atoms with Crippen LogP contribution in [0, 0.1) is 12.8 Å². The summed E-state index contributed by atoms with van der Waals surface area (Å²) in [5, 5.41) is 9.69. The summed E-state index contributed by atoms with van der Waals surface area (Å²) in [6, 6.07) is 0. The Morgan fingerprint density at radius 2 is 2.28 bits per heavy atom. The van der Waals surface area contributed by atoms with Crippen LogP contribution in [-0.2, 0) is 17.1 Å². The van der Waals surface area contributed by atoms with E-state index in [-0.39, 0.29) is 17.5 Å². The summed E-state index contributed by atoms with van der Waals surface area (Å²) in [6.45, 7) is 2.03. The Balaban J connectivity index is 2.03. The molecule has 1 heterocycles. The largest absolute Gasteiger partial charge is 0.393 e. The molecule has 0 bridgehead atoms. The van der Waals surface area contributed by atoms with Gasteiger partial charge >= 0.3 is 0 Å². The van der Waals surface area contributed by atoms with E-state index in [1.54, 1.807) is 18.5 Å². The highest BCUT2D eigenvalue weighted by atomic mass is 32.2. The van der Waals surface area contributed by atoms with Crippen molar-refractivity contribution < 1.29 is 13.5 Å². The van der Waals surface area contributed by atoms with Gasteiger partial charge in [0.25, 0.3) is 10.0 Å². The van der Waals surface area contributed by atoms with Crippen molar-refractivity contribution in [2.75, 3.05) is 6.54 Å². The van der Waals surface area contributed by atoms with Crippen LogP contribution in [-0.4, -0.2) is 35.7 Å². The zero-order chi connectivity index (χ0) is 13.3. The average Bonchev–Trinajstić information content (AvgIpc) is 2.84. The SMILES string of the molecule is Cc1nc(S(=O)(=O)NCC2CCCC2O)cn1C. The highest BCUT2D eigenvalue weighted by Gasteiger charge is 2.27. The van der Waals surface area contributed by atoms with Crippen LogP contribution < -0.4 is 4.72 Å². The molecule has 102 valence electrons. The number of aliphatic hydroxyl groups excluding tert-OH is 1. The maximum absolute atomic E-state index is 12.0. The number of rotatable bonds is 4. The van der Waals surface area contributed by atoms with Crippen molar-refractivity contribution in [2.24, 2.45) is 13.0 Å². The van der Waals surface area contributed by atoms with Crippen LogP contribution in [0.2, 0.25) is 0 Å². The number of imidazole rings is 1. The van der Waals surface area contributed by atoms with E-state index in [0.717, 1.165) is 19.3 Å². The van der Waals surface area contributed by atoms with Gasteiger partial charge in [-0.15, -0.1) is 0 Å². The summed E-state index contributed by atoms with van der Waals surface area (Å²) in [5.74, 6) is 0.667. The summed E-state index contributed by atoms with van der Waals surface area (Å²) < 4.78 is 28.2. The van der Waals surface area contributed by atoms with Crippen molar-refractivity contribution in [3.8, 4) is 0 Å². The predicted molar refractivity (Wildman–Crippen MR) is 66.5 cm³/mol. The maximum atomic E-state index is 12.0. The summed E-state index contributed by atoms with van der Waals surface area (Å²) >= 11 is 0. The molecule has 2 atom stereocenters. The normalized spacial score (nSPS) is 24.6. The number of nitrogens with zero attached hydrogens (tertiary/aromatic N) is 2. The molecule has 18 heavy (non-hydrogen) atoms. The Kier molecular flexibility index (Phi) is 3.74. The average molecular weight is 273 g/mol. The molecule has 0 aromatic carbocycles. The summed E-state index contributed by atoms with van der Waals surface area (Å²) in [5.41, 5.74) is 0. The quantitative estimate of drug-likeness (QED) is 0.819. The maximum Gasteiger partial charge on any atom is 0.259 e. The molecule has 2 rings (SSSR count). The lowest BCUT2D eigenvalue weighted by Gasteiger charge is -2.14. The van der Waals surface area contributed by atoms with Crippen molar-refractivity contribution in [3.05, 3.63) is 12.0 Å². The van der Waals surface area contributed by atoms with Gasteiger partial charge < -0.3 is 9.67 Å². The Bertz CT molecular complexity index is 504. The van der Waals surface area contributed by atoms with Gasteiger partial charge in [-0.25, -0.2) is 18.1 Å². The lowest BCUT2D eigenvalue weighted by Crippen LogP contribution is -2.32. The number of hydrogen-bond donors (Lipinski definition) is 2. The van der Waals surface area contributed by atoms with E-state index in [1.165, 1.54) is 6.20 Å².